The third kappa shape index (κ3) is 5.19. The Hall–Kier alpha value is -3.56. The lowest BCUT2D eigenvalue weighted by Gasteiger charge is -2.35. The molecule has 172 valence electrons. The summed E-state index contributed by atoms with van der Waals surface area (Å²) in [5.74, 6) is 2.20. The van der Waals surface area contributed by atoms with Crippen LogP contribution in [0.1, 0.15) is 21.9 Å². The normalized spacial score (nSPS) is 13.5. The number of hydrogen-bond donors (Lipinski definition) is 1. The molecule has 2 aromatic rings. The molecule has 1 aliphatic rings. The molecule has 1 aromatic carbocycles. The van der Waals surface area contributed by atoms with Crippen molar-refractivity contribution in [2.75, 3.05) is 59.0 Å². The molecule has 10 heteroatoms. The zero-order valence-electron chi connectivity index (χ0n) is 19.1. The Morgan fingerprint density at radius 3 is 2.09 bits per heavy atom. The zero-order chi connectivity index (χ0) is 23.3. The van der Waals surface area contributed by atoms with Crippen molar-refractivity contribution in [2.24, 2.45) is 0 Å². The topological polar surface area (TPSA) is 106 Å². The number of carbonyl (C=O) groups excluding carboxylic acids is 2. The fourth-order valence-corrected chi connectivity index (χ4v) is 3.63. The second-order valence-electron chi connectivity index (χ2n) is 7.38. The van der Waals surface area contributed by atoms with Gasteiger partial charge in [0.15, 0.2) is 11.5 Å². The number of rotatable bonds is 7. The molecular formula is C22H29N5O5. The summed E-state index contributed by atoms with van der Waals surface area (Å²) in [6, 6.07) is 5.04. The first-order valence-electron chi connectivity index (χ1n) is 10.3. The van der Waals surface area contributed by atoms with Gasteiger partial charge in [-0.1, -0.05) is 0 Å². The van der Waals surface area contributed by atoms with E-state index in [9.17, 15) is 9.59 Å². The molecule has 2 heterocycles. The number of nitrogens with zero attached hydrogens (tertiary/aromatic N) is 4. The lowest BCUT2D eigenvalue weighted by molar-refractivity contribution is -0.130. The maximum atomic E-state index is 12.6. The molecule has 1 saturated heterocycles. The molecule has 0 bridgehead atoms. The number of anilines is 1. The molecule has 0 aliphatic carbocycles. The van der Waals surface area contributed by atoms with Gasteiger partial charge in [-0.25, -0.2) is 9.97 Å². The zero-order valence-corrected chi connectivity index (χ0v) is 19.1. The average molecular weight is 444 g/mol. The molecule has 0 atom stereocenters. The second-order valence-corrected chi connectivity index (χ2v) is 7.38. The molecule has 32 heavy (non-hydrogen) atoms. The van der Waals surface area contributed by atoms with Gasteiger partial charge >= 0.3 is 0 Å². The number of amides is 2. The number of methoxy groups -OCH3 is 3. The van der Waals surface area contributed by atoms with Crippen LogP contribution in [-0.2, 0) is 4.79 Å². The lowest BCUT2D eigenvalue weighted by atomic mass is 10.1. The summed E-state index contributed by atoms with van der Waals surface area (Å²) in [5.41, 5.74) is 1.23. The third-order valence-corrected chi connectivity index (χ3v) is 5.24. The molecule has 1 fully saturated rings. The Bertz CT molecular complexity index is 943. The van der Waals surface area contributed by atoms with E-state index in [4.69, 9.17) is 14.2 Å². The van der Waals surface area contributed by atoms with Gasteiger partial charge in [-0.2, -0.15) is 0 Å². The fraction of sp³-hybridized carbons (Fsp3) is 0.455. The van der Waals surface area contributed by atoms with Crippen LogP contribution in [0.15, 0.2) is 18.2 Å². The first-order valence-corrected chi connectivity index (χ1v) is 10.3. The molecule has 1 aliphatic heterocycles. The Morgan fingerprint density at radius 1 is 0.938 bits per heavy atom. The minimum Gasteiger partial charge on any atom is -0.493 e. The quantitative estimate of drug-likeness (QED) is 0.681. The van der Waals surface area contributed by atoms with Crippen LogP contribution in [0, 0.1) is 13.8 Å². The summed E-state index contributed by atoms with van der Waals surface area (Å²) in [6.07, 6.45) is 0. The van der Waals surface area contributed by atoms with Crippen molar-refractivity contribution < 1.29 is 23.8 Å². The van der Waals surface area contributed by atoms with Crippen LogP contribution in [0.3, 0.4) is 0 Å². The summed E-state index contributed by atoms with van der Waals surface area (Å²) >= 11 is 0. The summed E-state index contributed by atoms with van der Waals surface area (Å²) < 4.78 is 15.8. The van der Waals surface area contributed by atoms with E-state index in [2.05, 4.69) is 20.2 Å². The van der Waals surface area contributed by atoms with Crippen LogP contribution in [0.25, 0.3) is 0 Å². The molecule has 0 unspecified atom stereocenters. The molecular weight excluding hydrogens is 414 g/mol. The van der Waals surface area contributed by atoms with E-state index >= 15 is 0 Å². The molecule has 1 aromatic heterocycles. The largest absolute Gasteiger partial charge is 0.493 e. The number of piperazine rings is 1. The van der Waals surface area contributed by atoms with E-state index in [1.165, 1.54) is 21.3 Å². The van der Waals surface area contributed by atoms with Crippen LogP contribution >= 0.6 is 0 Å². The van der Waals surface area contributed by atoms with Gasteiger partial charge in [-0.15, -0.1) is 0 Å². The van der Waals surface area contributed by atoms with E-state index in [1.54, 1.807) is 17.0 Å². The monoisotopic (exact) mass is 443 g/mol. The van der Waals surface area contributed by atoms with Crippen LogP contribution in [-0.4, -0.2) is 80.7 Å². The highest BCUT2D eigenvalue weighted by Crippen LogP contribution is 2.38. The molecule has 0 spiro atoms. The summed E-state index contributed by atoms with van der Waals surface area (Å²) in [5, 5.41) is 2.68. The number of aromatic nitrogens is 2. The van der Waals surface area contributed by atoms with Crippen molar-refractivity contribution in [2.45, 2.75) is 13.8 Å². The SMILES string of the molecule is COc1cc(C(=O)NCC(=O)N2CCN(c3cc(C)nc(C)n3)CC2)cc(OC)c1OC. The maximum Gasteiger partial charge on any atom is 0.251 e. The highest BCUT2D eigenvalue weighted by atomic mass is 16.5. The summed E-state index contributed by atoms with van der Waals surface area (Å²) in [4.78, 5) is 37.9. The van der Waals surface area contributed by atoms with Crippen molar-refractivity contribution in [1.29, 1.82) is 0 Å². The highest BCUT2D eigenvalue weighted by Gasteiger charge is 2.23. The molecule has 3 rings (SSSR count). The number of hydrogen-bond acceptors (Lipinski definition) is 8. The van der Waals surface area contributed by atoms with Crippen molar-refractivity contribution in [3.8, 4) is 17.2 Å². The molecule has 0 radical (unpaired) electrons. The smallest absolute Gasteiger partial charge is 0.251 e. The Labute approximate surface area is 187 Å². The standard InChI is InChI=1S/C22H29N5O5/c1-14-10-19(25-15(2)24-14)26-6-8-27(9-7-26)20(28)13-23-22(29)16-11-17(30-3)21(32-5)18(12-16)31-4/h10-12H,6-9,13H2,1-5H3,(H,23,29). The number of carbonyl (C=O) groups is 2. The number of ether oxygens (including phenoxy) is 3. The molecule has 2 amide bonds. The van der Waals surface area contributed by atoms with E-state index in [0.717, 1.165) is 17.3 Å². The van der Waals surface area contributed by atoms with Crippen molar-refractivity contribution in [3.05, 3.63) is 35.3 Å². The fourth-order valence-electron chi connectivity index (χ4n) is 3.63. The number of nitrogens with one attached hydrogen (secondary N) is 1. The van der Waals surface area contributed by atoms with Crippen LogP contribution in [0.4, 0.5) is 5.82 Å². The van der Waals surface area contributed by atoms with E-state index < -0.39 is 5.91 Å². The third-order valence-electron chi connectivity index (χ3n) is 5.24. The number of benzene rings is 1. The minimum atomic E-state index is -0.400. The molecule has 0 saturated carbocycles. The van der Waals surface area contributed by atoms with Gasteiger partial charge in [0.1, 0.15) is 11.6 Å². The van der Waals surface area contributed by atoms with Gasteiger partial charge in [0, 0.05) is 43.5 Å². The first kappa shape index (κ1) is 23.1. The van der Waals surface area contributed by atoms with Crippen molar-refractivity contribution in [1.82, 2.24) is 20.2 Å². The Kier molecular flexibility index (Phi) is 7.34. The van der Waals surface area contributed by atoms with Crippen LogP contribution in [0.5, 0.6) is 17.2 Å². The van der Waals surface area contributed by atoms with E-state index in [-0.39, 0.29) is 12.5 Å². The summed E-state index contributed by atoms with van der Waals surface area (Å²) in [6.45, 7) is 6.16. The molecule has 10 nitrogen and oxygen atoms in total. The van der Waals surface area contributed by atoms with E-state index in [1.807, 2.05) is 19.9 Å². The highest BCUT2D eigenvalue weighted by molar-refractivity contribution is 5.97. The Balaban J connectivity index is 1.56. The lowest BCUT2D eigenvalue weighted by Crippen LogP contribution is -2.51. The summed E-state index contributed by atoms with van der Waals surface area (Å²) in [7, 11) is 4.45. The maximum absolute atomic E-state index is 12.6. The van der Waals surface area contributed by atoms with Crippen LogP contribution < -0.4 is 24.4 Å². The predicted octanol–water partition coefficient (Wildman–Crippen LogP) is 1.20. The van der Waals surface area contributed by atoms with Gasteiger partial charge in [0.05, 0.1) is 27.9 Å². The van der Waals surface area contributed by atoms with Crippen LogP contribution in [0.2, 0.25) is 0 Å². The van der Waals surface area contributed by atoms with Gasteiger partial charge in [0.2, 0.25) is 11.7 Å². The van der Waals surface area contributed by atoms with Crippen molar-refractivity contribution >= 4 is 17.6 Å². The van der Waals surface area contributed by atoms with Gasteiger partial charge < -0.3 is 29.3 Å². The Morgan fingerprint density at radius 2 is 1.56 bits per heavy atom. The molecule has 1 N–H and O–H groups in total. The number of aryl methyl sites for hydroxylation is 2. The van der Waals surface area contributed by atoms with Gasteiger partial charge in [-0.05, 0) is 26.0 Å². The predicted molar refractivity (Wildman–Crippen MR) is 119 cm³/mol. The van der Waals surface area contributed by atoms with Gasteiger partial charge in [-0.3, -0.25) is 9.59 Å². The van der Waals surface area contributed by atoms with Gasteiger partial charge in [0.25, 0.3) is 5.91 Å². The first-order chi connectivity index (χ1) is 15.4. The van der Waals surface area contributed by atoms with E-state index in [0.29, 0.717) is 49.0 Å². The second kappa shape index (κ2) is 10.2. The average Bonchev–Trinajstić information content (AvgIpc) is 2.80. The van der Waals surface area contributed by atoms with Crippen molar-refractivity contribution in [3.63, 3.8) is 0 Å². The minimum absolute atomic E-state index is 0.0960.